The van der Waals surface area contributed by atoms with Crippen LogP contribution in [0.3, 0.4) is 0 Å². The number of ether oxygens (including phenoxy) is 2. The van der Waals surface area contributed by atoms with Gasteiger partial charge in [-0.15, -0.1) is 11.3 Å². The van der Waals surface area contributed by atoms with Crippen molar-refractivity contribution in [2.24, 2.45) is 7.05 Å². The van der Waals surface area contributed by atoms with Gasteiger partial charge in [0.25, 0.3) is 6.47 Å². The number of esters is 1. The number of aryl methyl sites for hydroxylation is 1. The molecule has 0 saturated heterocycles. The monoisotopic (exact) mass is 294 g/mol. The summed E-state index contributed by atoms with van der Waals surface area (Å²) in [7, 11) is 3.12. The quantitative estimate of drug-likeness (QED) is 0.460. The van der Waals surface area contributed by atoms with Crippen molar-refractivity contribution in [2.45, 2.75) is 6.42 Å². The van der Waals surface area contributed by atoms with Gasteiger partial charge in [0.05, 0.1) is 30.5 Å². The van der Waals surface area contributed by atoms with Crippen molar-refractivity contribution >= 4 is 23.8 Å². The van der Waals surface area contributed by atoms with E-state index in [4.69, 9.17) is 4.74 Å². The maximum Gasteiger partial charge on any atom is 0.341 e. The molecule has 2 heterocycles. The molecule has 0 fully saturated rings. The summed E-state index contributed by atoms with van der Waals surface area (Å²) in [5, 5.41) is 4.10. The Bertz CT molecular complexity index is 618. The van der Waals surface area contributed by atoms with Crippen molar-refractivity contribution < 1.29 is 19.1 Å². The van der Waals surface area contributed by atoms with Crippen LogP contribution in [0.4, 0.5) is 0 Å². The van der Waals surface area contributed by atoms with Crippen LogP contribution in [0.5, 0.6) is 0 Å². The van der Waals surface area contributed by atoms with Crippen molar-refractivity contribution in [1.29, 1.82) is 0 Å². The van der Waals surface area contributed by atoms with Gasteiger partial charge in [-0.25, -0.2) is 4.79 Å². The average Bonchev–Trinajstić information content (AvgIpc) is 3.04. The highest BCUT2D eigenvalue weighted by Crippen LogP contribution is 2.31. The summed E-state index contributed by atoms with van der Waals surface area (Å²) in [5.41, 5.74) is 1.16. The molecule has 0 unspecified atom stereocenters. The predicted octanol–water partition coefficient (Wildman–Crippen LogP) is 1.65. The molecule has 0 aliphatic rings. The summed E-state index contributed by atoms with van der Waals surface area (Å²) >= 11 is 1.53. The molecule has 20 heavy (non-hydrogen) atoms. The second-order valence-corrected chi connectivity index (χ2v) is 5.17. The van der Waals surface area contributed by atoms with Gasteiger partial charge in [-0.1, -0.05) is 0 Å². The Balaban J connectivity index is 2.25. The average molecular weight is 294 g/mol. The lowest BCUT2D eigenvalue weighted by Crippen LogP contribution is -2.02. The van der Waals surface area contributed by atoms with E-state index in [0.717, 1.165) is 15.4 Å². The minimum Gasteiger partial charge on any atom is -0.468 e. The van der Waals surface area contributed by atoms with Crippen molar-refractivity contribution in [3.8, 4) is 10.6 Å². The third kappa shape index (κ3) is 2.88. The molecular formula is C13H14N2O4S. The maximum absolute atomic E-state index is 11.7. The number of carbonyl (C=O) groups excluding carboxylic acids is 2. The summed E-state index contributed by atoms with van der Waals surface area (Å²) < 4.78 is 11.1. The van der Waals surface area contributed by atoms with Crippen LogP contribution < -0.4 is 0 Å². The molecule has 0 aromatic carbocycles. The number of rotatable bonds is 6. The van der Waals surface area contributed by atoms with Crippen LogP contribution in [-0.2, 0) is 27.7 Å². The van der Waals surface area contributed by atoms with Crippen molar-refractivity contribution in [2.75, 3.05) is 13.7 Å². The molecule has 0 N–H and O–H groups in total. The minimum absolute atomic E-state index is 0.346. The Labute approximate surface area is 119 Å². The van der Waals surface area contributed by atoms with E-state index in [1.165, 1.54) is 24.6 Å². The van der Waals surface area contributed by atoms with Crippen molar-refractivity contribution in [3.05, 3.63) is 28.8 Å². The standard InChI is InChI=1S/C13H14N2O4S/c1-15-12(10(7-14-15)13(17)18-2)11-4-3-9(20-11)5-6-19-8-16/h3-4,7-8H,5-6H2,1-2H3. The van der Waals surface area contributed by atoms with Gasteiger partial charge in [0.2, 0.25) is 0 Å². The molecule has 6 nitrogen and oxygen atoms in total. The van der Waals surface area contributed by atoms with Gasteiger partial charge in [0, 0.05) is 18.3 Å². The largest absolute Gasteiger partial charge is 0.468 e. The Morgan fingerprint density at radius 3 is 3.00 bits per heavy atom. The van der Waals surface area contributed by atoms with Crippen LogP contribution >= 0.6 is 11.3 Å². The van der Waals surface area contributed by atoms with E-state index in [-0.39, 0.29) is 0 Å². The molecule has 0 aliphatic heterocycles. The topological polar surface area (TPSA) is 70.4 Å². The summed E-state index contributed by atoms with van der Waals surface area (Å²) in [4.78, 5) is 23.8. The molecule has 0 bridgehead atoms. The first-order valence-corrected chi connectivity index (χ1v) is 6.73. The summed E-state index contributed by atoms with van der Waals surface area (Å²) in [6.45, 7) is 0.781. The van der Waals surface area contributed by atoms with E-state index >= 15 is 0 Å². The van der Waals surface area contributed by atoms with Crippen LogP contribution in [0.25, 0.3) is 10.6 Å². The number of hydrogen-bond acceptors (Lipinski definition) is 6. The van der Waals surface area contributed by atoms with E-state index < -0.39 is 5.97 Å². The highest BCUT2D eigenvalue weighted by molar-refractivity contribution is 7.15. The number of carbonyl (C=O) groups is 2. The molecule has 0 atom stereocenters. The molecule has 0 amide bonds. The maximum atomic E-state index is 11.7. The Hall–Kier alpha value is -2.15. The summed E-state index contributed by atoms with van der Waals surface area (Å²) in [6.07, 6.45) is 2.14. The van der Waals surface area contributed by atoms with E-state index in [0.29, 0.717) is 25.1 Å². The lowest BCUT2D eigenvalue weighted by atomic mass is 10.2. The van der Waals surface area contributed by atoms with Gasteiger partial charge in [0.1, 0.15) is 5.56 Å². The fourth-order valence-electron chi connectivity index (χ4n) is 1.84. The predicted molar refractivity (Wildman–Crippen MR) is 73.6 cm³/mol. The van der Waals surface area contributed by atoms with Gasteiger partial charge < -0.3 is 9.47 Å². The zero-order valence-electron chi connectivity index (χ0n) is 11.2. The number of nitrogens with zero attached hydrogens (tertiary/aromatic N) is 2. The smallest absolute Gasteiger partial charge is 0.341 e. The molecule has 7 heteroatoms. The van der Waals surface area contributed by atoms with Crippen LogP contribution in [0.2, 0.25) is 0 Å². The first-order chi connectivity index (χ1) is 9.67. The molecular weight excluding hydrogens is 280 g/mol. The second kappa shape index (κ2) is 6.33. The van der Waals surface area contributed by atoms with Crippen LogP contribution in [0.1, 0.15) is 15.2 Å². The van der Waals surface area contributed by atoms with Crippen LogP contribution in [0, 0.1) is 0 Å². The van der Waals surface area contributed by atoms with Crippen LogP contribution in [-0.4, -0.2) is 35.9 Å². The molecule has 0 aliphatic carbocycles. The summed E-state index contributed by atoms with van der Waals surface area (Å²) in [6, 6.07) is 3.87. The fourth-order valence-corrected chi connectivity index (χ4v) is 2.92. The first kappa shape index (κ1) is 14.3. The van der Waals surface area contributed by atoms with E-state index in [2.05, 4.69) is 9.84 Å². The molecule has 2 rings (SSSR count). The Morgan fingerprint density at radius 1 is 1.50 bits per heavy atom. The third-order valence-electron chi connectivity index (χ3n) is 2.77. The molecule has 2 aromatic heterocycles. The number of aromatic nitrogens is 2. The summed E-state index contributed by atoms with van der Waals surface area (Å²) in [5.74, 6) is -0.410. The number of thiophene rings is 1. The van der Waals surface area contributed by atoms with Gasteiger partial charge in [-0.2, -0.15) is 5.10 Å². The fraction of sp³-hybridized carbons (Fsp3) is 0.308. The Morgan fingerprint density at radius 2 is 2.30 bits per heavy atom. The van der Waals surface area contributed by atoms with E-state index in [1.807, 2.05) is 12.1 Å². The first-order valence-electron chi connectivity index (χ1n) is 5.92. The lowest BCUT2D eigenvalue weighted by molar-refractivity contribution is -0.128. The number of hydrogen-bond donors (Lipinski definition) is 0. The zero-order chi connectivity index (χ0) is 14.5. The SMILES string of the molecule is COC(=O)c1cnn(C)c1-c1ccc(CCOC=O)s1. The molecule has 0 radical (unpaired) electrons. The zero-order valence-corrected chi connectivity index (χ0v) is 12.0. The van der Waals surface area contributed by atoms with Gasteiger partial charge in [0.15, 0.2) is 0 Å². The number of methoxy groups -OCH3 is 1. The normalized spacial score (nSPS) is 10.3. The highest BCUT2D eigenvalue weighted by Gasteiger charge is 2.19. The highest BCUT2D eigenvalue weighted by atomic mass is 32.1. The van der Waals surface area contributed by atoms with Gasteiger partial charge in [-0.3, -0.25) is 9.48 Å². The molecule has 106 valence electrons. The second-order valence-electron chi connectivity index (χ2n) is 4.01. The Kier molecular flexibility index (Phi) is 4.52. The molecule has 0 spiro atoms. The molecule has 2 aromatic rings. The van der Waals surface area contributed by atoms with E-state index in [1.54, 1.807) is 11.7 Å². The van der Waals surface area contributed by atoms with Gasteiger partial charge in [-0.05, 0) is 12.1 Å². The van der Waals surface area contributed by atoms with Crippen LogP contribution in [0.15, 0.2) is 18.3 Å². The van der Waals surface area contributed by atoms with Crippen molar-refractivity contribution in [1.82, 2.24) is 9.78 Å². The third-order valence-corrected chi connectivity index (χ3v) is 3.93. The lowest BCUT2D eigenvalue weighted by Gasteiger charge is -2.02. The van der Waals surface area contributed by atoms with Crippen molar-refractivity contribution in [3.63, 3.8) is 0 Å². The van der Waals surface area contributed by atoms with E-state index in [9.17, 15) is 9.59 Å². The van der Waals surface area contributed by atoms with Gasteiger partial charge >= 0.3 is 5.97 Å². The minimum atomic E-state index is -0.410. The molecule has 0 saturated carbocycles.